The molecule has 0 fully saturated rings. The first kappa shape index (κ1) is 21.2. The molecule has 4 heteroatoms. The Morgan fingerprint density at radius 2 is 1.17 bits per heavy atom. The summed E-state index contributed by atoms with van der Waals surface area (Å²) in [6, 6.07) is 4.64. The van der Waals surface area contributed by atoms with Gasteiger partial charge in [-0.15, -0.1) is 12.2 Å². The zero-order valence-electron chi connectivity index (χ0n) is 16.4. The lowest BCUT2D eigenvalue weighted by Crippen LogP contribution is -2.32. The third-order valence-electron chi connectivity index (χ3n) is 4.12. The first-order valence-corrected chi connectivity index (χ1v) is 12.0. The minimum absolute atomic E-state index is 0.0120. The van der Waals surface area contributed by atoms with Crippen molar-refractivity contribution in [2.75, 3.05) is 7.11 Å². The highest BCUT2D eigenvalue weighted by Gasteiger charge is 2.34. The van der Waals surface area contributed by atoms with Crippen molar-refractivity contribution in [2.45, 2.75) is 78.6 Å². The predicted octanol–water partition coefficient (Wildman–Crippen LogP) is 6.09. The quantitative estimate of drug-likeness (QED) is 0.497. The maximum Gasteiger partial charge on any atom is 0.146 e. The predicted molar refractivity (Wildman–Crippen MR) is 112 cm³/mol. The molecule has 1 atom stereocenters. The lowest BCUT2D eigenvalue weighted by Gasteiger charge is -2.35. The summed E-state index contributed by atoms with van der Waals surface area (Å²) in [6.07, 6.45) is 0. The molecule has 1 aromatic carbocycles. The average Bonchev–Trinajstić information content (AvgIpc) is 2.34. The highest BCUT2D eigenvalue weighted by molar-refractivity contribution is 8.64. The van der Waals surface area contributed by atoms with Crippen molar-refractivity contribution in [3.8, 4) is 0 Å². The number of hydrogen-bond acceptors (Lipinski definition) is 2. The van der Waals surface area contributed by atoms with Gasteiger partial charge in [-0.25, -0.2) is 0 Å². The summed E-state index contributed by atoms with van der Waals surface area (Å²) in [4.78, 5) is 0. The monoisotopic (exact) mass is 372 g/mol. The Labute approximate surface area is 153 Å². The summed E-state index contributed by atoms with van der Waals surface area (Å²) < 4.78 is 5.71. The Kier molecular flexibility index (Phi) is 5.98. The number of benzene rings is 1. The molecule has 1 unspecified atom stereocenters. The van der Waals surface area contributed by atoms with E-state index in [9.17, 15) is 0 Å². The highest BCUT2D eigenvalue weighted by Crippen LogP contribution is 2.54. The van der Waals surface area contributed by atoms with Gasteiger partial charge in [-0.2, -0.15) is 0 Å². The molecule has 132 valence electrons. The molecule has 0 saturated carbocycles. The van der Waals surface area contributed by atoms with Crippen LogP contribution < -0.4 is 5.30 Å². The lowest BCUT2D eigenvalue weighted by molar-refractivity contribution is 0.474. The molecule has 1 rings (SSSR count). The summed E-state index contributed by atoms with van der Waals surface area (Å²) >= 11 is 10.6. The maximum atomic E-state index is 5.81. The SMILES string of the molecule is COP(=S)(S)c1c(C(C)(C)C)cc(C(C)(C)C)cc1C(C)(C)C. The van der Waals surface area contributed by atoms with Crippen molar-refractivity contribution >= 4 is 34.8 Å². The van der Waals surface area contributed by atoms with Crippen molar-refractivity contribution in [1.29, 1.82) is 0 Å². The topological polar surface area (TPSA) is 9.23 Å². The minimum Gasteiger partial charge on any atom is -0.342 e. The van der Waals surface area contributed by atoms with Crippen LogP contribution in [0, 0.1) is 0 Å². The van der Waals surface area contributed by atoms with Gasteiger partial charge in [0.1, 0.15) is 5.47 Å². The van der Waals surface area contributed by atoms with E-state index in [2.05, 4.69) is 74.4 Å². The van der Waals surface area contributed by atoms with Crippen molar-refractivity contribution < 1.29 is 4.52 Å². The Bertz CT molecular complexity index is 593. The Hall–Kier alpha value is 0.180. The van der Waals surface area contributed by atoms with E-state index in [1.54, 1.807) is 7.11 Å². The van der Waals surface area contributed by atoms with Gasteiger partial charge in [0, 0.05) is 12.4 Å². The van der Waals surface area contributed by atoms with Crippen LogP contribution in [0.4, 0.5) is 0 Å². The molecule has 0 aliphatic carbocycles. The molecule has 0 spiro atoms. The number of thiol groups is 1. The van der Waals surface area contributed by atoms with Crippen LogP contribution in [-0.4, -0.2) is 7.11 Å². The van der Waals surface area contributed by atoms with Crippen molar-refractivity contribution in [1.82, 2.24) is 0 Å². The summed E-state index contributed by atoms with van der Waals surface area (Å²) in [7, 11) is 1.68. The molecule has 0 aliphatic heterocycles. The van der Waals surface area contributed by atoms with Crippen molar-refractivity contribution in [3.05, 3.63) is 28.8 Å². The summed E-state index contributed by atoms with van der Waals surface area (Å²) in [6.45, 7) is 20.2. The standard InChI is InChI=1S/C19H33OPS2/c1-17(2,3)13-11-14(18(4,5)6)16(21(22,23)20-10)15(12-13)19(7,8)9/h11-12H,1-10H3,(H,22,23). The van der Waals surface area contributed by atoms with E-state index >= 15 is 0 Å². The molecule has 0 saturated heterocycles. The fraction of sp³-hybridized carbons (Fsp3) is 0.684. The Morgan fingerprint density at radius 3 is 1.39 bits per heavy atom. The molecule has 0 aromatic heterocycles. The first-order chi connectivity index (χ1) is 10.0. The van der Waals surface area contributed by atoms with E-state index in [0.717, 1.165) is 5.30 Å². The minimum atomic E-state index is -2.34. The molecule has 0 N–H and O–H groups in total. The van der Waals surface area contributed by atoms with Crippen LogP contribution in [0.3, 0.4) is 0 Å². The first-order valence-electron chi connectivity index (χ1n) is 8.10. The van der Waals surface area contributed by atoms with Gasteiger partial charge in [0.05, 0.1) is 0 Å². The van der Waals surface area contributed by atoms with Crippen molar-refractivity contribution in [2.24, 2.45) is 0 Å². The molecular weight excluding hydrogens is 339 g/mol. The second kappa shape index (κ2) is 6.48. The van der Waals surface area contributed by atoms with Crippen LogP contribution in [0.25, 0.3) is 0 Å². The van der Waals surface area contributed by atoms with Gasteiger partial charge in [0.25, 0.3) is 0 Å². The molecule has 0 bridgehead atoms. The summed E-state index contributed by atoms with van der Waals surface area (Å²) in [5, 5.41) is 1.14. The normalized spacial score (nSPS) is 16.3. The van der Waals surface area contributed by atoms with E-state index in [-0.39, 0.29) is 16.2 Å². The molecule has 0 radical (unpaired) electrons. The molecule has 0 heterocycles. The van der Waals surface area contributed by atoms with Crippen LogP contribution in [-0.2, 0) is 32.6 Å². The lowest BCUT2D eigenvalue weighted by atomic mass is 9.75. The number of hydrogen-bond donors (Lipinski definition) is 1. The van der Waals surface area contributed by atoms with Crippen LogP contribution >= 0.6 is 17.7 Å². The Balaban J connectivity index is 4.03. The zero-order chi connectivity index (χ0) is 18.4. The second-order valence-electron chi connectivity index (χ2n) is 9.37. The summed E-state index contributed by atoms with van der Waals surface area (Å²) in [5.41, 5.74) is 1.62. The van der Waals surface area contributed by atoms with Gasteiger partial charge in [-0.1, -0.05) is 86.3 Å². The fourth-order valence-corrected chi connectivity index (χ4v) is 5.43. The van der Waals surface area contributed by atoms with E-state index in [1.165, 1.54) is 16.7 Å². The molecule has 0 amide bonds. The van der Waals surface area contributed by atoms with Gasteiger partial charge in [0.15, 0.2) is 0 Å². The van der Waals surface area contributed by atoms with Crippen LogP contribution in [0.1, 0.15) is 79.0 Å². The van der Waals surface area contributed by atoms with Gasteiger partial charge < -0.3 is 4.52 Å². The van der Waals surface area contributed by atoms with Crippen molar-refractivity contribution in [3.63, 3.8) is 0 Å². The number of rotatable bonds is 2. The van der Waals surface area contributed by atoms with Crippen LogP contribution in [0.15, 0.2) is 12.1 Å². The van der Waals surface area contributed by atoms with E-state index in [4.69, 9.17) is 28.6 Å². The van der Waals surface area contributed by atoms with Gasteiger partial charge in [0.2, 0.25) is 0 Å². The van der Waals surface area contributed by atoms with Crippen LogP contribution in [0.2, 0.25) is 0 Å². The third-order valence-corrected chi connectivity index (χ3v) is 7.75. The van der Waals surface area contributed by atoms with Gasteiger partial charge in [-0.3, -0.25) is 0 Å². The van der Waals surface area contributed by atoms with E-state index < -0.39 is 5.47 Å². The maximum absolute atomic E-state index is 5.81. The van der Waals surface area contributed by atoms with E-state index in [0.29, 0.717) is 0 Å². The largest absolute Gasteiger partial charge is 0.342 e. The average molecular weight is 373 g/mol. The molecule has 0 aliphatic rings. The highest BCUT2D eigenvalue weighted by atomic mass is 32.9. The summed E-state index contributed by atoms with van der Waals surface area (Å²) in [5.74, 6) is 0. The fourth-order valence-electron chi connectivity index (χ4n) is 2.61. The smallest absolute Gasteiger partial charge is 0.146 e. The second-order valence-corrected chi connectivity index (χ2v) is 15.3. The molecule has 1 nitrogen and oxygen atoms in total. The van der Waals surface area contributed by atoms with Gasteiger partial charge in [-0.05, 0) is 32.9 Å². The molecule has 1 aromatic rings. The third kappa shape index (κ3) is 4.84. The van der Waals surface area contributed by atoms with Gasteiger partial charge >= 0.3 is 0 Å². The van der Waals surface area contributed by atoms with E-state index in [1.807, 2.05) is 0 Å². The zero-order valence-corrected chi connectivity index (χ0v) is 19.0. The van der Waals surface area contributed by atoms with Crippen LogP contribution in [0.5, 0.6) is 0 Å². The molecular formula is C19H33OPS2. The Morgan fingerprint density at radius 1 is 0.826 bits per heavy atom. The molecule has 23 heavy (non-hydrogen) atoms.